The van der Waals surface area contributed by atoms with Crippen LogP contribution in [0.3, 0.4) is 0 Å². The van der Waals surface area contributed by atoms with Gasteiger partial charge in [0.15, 0.2) is 17.3 Å². The van der Waals surface area contributed by atoms with Gasteiger partial charge in [-0.3, -0.25) is 0 Å². The second kappa shape index (κ2) is 4.70. The first kappa shape index (κ1) is 11.2. The van der Waals surface area contributed by atoms with Crippen LogP contribution in [0.2, 0.25) is 0 Å². The minimum absolute atomic E-state index is 0.231. The van der Waals surface area contributed by atoms with Gasteiger partial charge in [0.05, 0.1) is 0 Å². The van der Waals surface area contributed by atoms with Gasteiger partial charge in [0.1, 0.15) is 13.2 Å². The van der Waals surface area contributed by atoms with Gasteiger partial charge in [-0.15, -0.1) is 0 Å². The summed E-state index contributed by atoms with van der Waals surface area (Å²) in [5.74, 6) is 0.617. The van der Waals surface area contributed by atoms with Gasteiger partial charge in [-0.05, 0) is 36.6 Å². The van der Waals surface area contributed by atoms with Crippen molar-refractivity contribution in [3.8, 4) is 11.5 Å². The molecule has 16 heavy (non-hydrogen) atoms. The van der Waals surface area contributed by atoms with Crippen LogP contribution in [0.5, 0.6) is 11.5 Å². The molecule has 0 radical (unpaired) electrons. The van der Waals surface area contributed by atoms with Crippen molar-refractivity contribution in [2.45, 2.75) is 19.3 Å². The standard InChI is InChI=1S/C12H16FNO2/c1-8(2-3-14)9-6-10(13)12-11(7-9)15-4-5-16-12/h6-8H,2-5,14H2,1H3. The van der Waals surface area contributed by atoms with E-state index in [0.29, 0.717) is 25.5 Å². The molecule has 1 heterocycles. The predicted molar refractivity (Wildman–Crippen MR) is 59.5 cm³/mol. The molecule has 0 saturated heterocycles. The Morgan fingerprint density at radius 1 is 1.38 bits per heavy atom. The topological polar surface area (TPSA) is 44.5 Å². The van der Waals surface area contributed by atoms with Gasteiger partial charge in [-0.2, -0.15) is 0 Å². The highest BCUT2D eigenvalue weighted by Gasteiger charge is 2.19. The molecule has 0 aromatic heterocycles. The summed E-state index contributed by atoms with van der Waals surface area (Å²) >= 11 is 0. The number of fused-ring (bicyclic) bond motifs is 1. The molecule has 0 bridgehead atoms. The Morgan fingerprint density at radius 3 is 2.88 bits per heavy atom. The highest BCUT2D eigenvalue weighted by atomic mass is 19.1. The fourth-order valence-electron chi connectivity index (χ4n) is 1.83. The van der Waals surface area contributed by atoms with Crippen LogP contribution in [0.4, 0.5) is 4.39 Å². The van der Waals surface area contributed by atoms with Gasteiger partial charge in [0, 0.05) is 0 Å². The minimum Gasteiger partial charge on any atom is -0.486 e. The smallest absolute Gasteiger partial charge is 0.197 e. The molecule has 4 heteroatoms. The highest BCUT2D eigenvalue weighted by Crippen LogP contribution is 2.36. The number of benzene rings is 1. The number of hydrogen-bond acceptors (Lipinski definition) is 3. The Bertz CT molecular complexity index is 382. The third kappa shape index (κ3) is 2.11. The van der Waals surface area contributed by atoms with Gasteiger partial charge in [-0.25, -0.2) is 4.39 Å². The largest absolute Gasteiger partial charge is 0.486 e. The molecule has 2 rings (SSSR count). The molecule has 0 saturated carbocycles. The van der Waals surface area contributed by atoms with Crippen molar-refractivity contribution < 1.29 is 13.9 Å². The summed E-state index contributed by atoms with van der Waals surface area (Å²) in [6, 6.07) is 3.35. The van der Waals surface area contributed by atoms with E-state index in [1.165, 1.54) is 6.07 Å². The number of ether oxygens (including phenoxy) is 2. The van der Waals surface area contributed by atoms with E-state index in [1.54, 1.807) is 0 Å². The maximum absolute atomic E-state index is 13.7. The fourth-order valence-corrected chi connectivity index (χ4v) is 1.83. The van der Waals surface area contributed by atoms with E-state index >= 15 is 0 Å². The molecule has 0 spiro atoms. The van der Waals surface area contributed by atoms with Crippen molar-refractivity contribution in [3.05, 3.63) is 23.5 Å². The summed E-state index contributed by atoms with van der Waals surface area (Å²) in [5.41, 5.74) is 6.40. The second-order valence-electron chi connectivity index (χ2n) is 4.01. The Labute approximate surface area is 94.3 Å². The van der Waals surface area contributed by atoms with Gasteiger partial charge in [-0.1, -0.05) is 6.92 Å². The van der Waals surface area contributed by atoms with E-state index in [1.807, 2.05) is 13.0 Å². The first-order valence-electron chi connectivity index (χ1n) is 5.51. The quantitative estimate of drug-likeness (QED) is 0.856. The highest BCUT2D eigenvalue weighted by molar-refractivity contribution is 5.46. The van der Waals surface area contributed by atoms with Crippen molar-refractivity contribution in [1.29, 1.82) is 0 Å². The Kier molecular flexibility index (Phi) is 3.29. The number of hydrogen-bond donors (Lipinski definition) is 1. The summed E-state index contributed by atoms with van der Waals surface area (Å²) < 4.78 is 24.3. The zero-order valence-electron chi connectivity index (χ0n) is 9.33. The molecule has 1 aromatic rings. The van der Waals surface area contributed by atoms with Crippen LogP contribution in [0.1, 0.15) is 24.8 Å². The van der Waals surface area contributed by atoms with Gasteiger partial charge < -0.3 is 15.2 Å². The third-order valence-corrected chi connectivity index (χ3v) is 2.79. The SMILES string of the molecule is CC(CCN)c1cc(F)c2c(c1)OCCO2. The summed E-state index contributed by atoms with van der Waals surface area (Å²) in [5, 5.41) is 0. The summed E-state index contributed by atoms with van der Waals surface area (Å²) in [6.07, 6.45) is 0.832. The first-order chi connectivity index (χ1) is 7.72. The van der Waals surface area contributed by atoms with E-state index in [0.717, 1.165) is 12.0 Å². The van der Waals surface area contributed by atoms with Crippen molar-refractivity contribution in [2.24, 2.45) is 5.73 Å². The van der Waals surface area contributed by atoms with E-state index in [2.05, 4.69) is 0 Å². The van der Waals surface area contributed by atoms with Crippen molar-refractivity contribution in [2.75, 3.05) is 19.8 Å². The molecule has 0 amide bonds. The van der Waals surface area contributed by atoms with Crippen LogP contribution in [-0.4, -0.2) is 19.8 Å². The van der Waals surface area contributed by atoms with Crippen LogP contribution in [0.25, 0.3) is 0 Å². The molecule has 88 valence electrons. The molecule has 1 aliphatic heterocycles. The molecule has 1 unspecified atom stereocenters. The molecule has 1 atom stereocenters. The van der Waals surface area contributed by atoms with Crippen molar-refractivity contribution in [1.82, 2.24) is 0 Å². The number of rotatable bonds is 3. The number of halogens is 1. The molecular formula is C12H16FNO2. The van der Waals surface area contributed by atoms with E-state index < -0.39 is 0 Å². The minimum atomic E-state index is -0.351. The second-order valence-corrected chi connectivity index (χ2v) is 4.01. The Hall–Kier alpha value is -1.29. The van der Waals surface area contributed by atoms with E-state index in [-0.39, 0.29) is 17.5 Å². The summed E-state index contributed by atoms with van der Waals surface area (Å²) in [7, 11) is 0. The lowest BCUT2D eigenvalue weighted by molar-refractivity contribution is 0.164. The normalized spacial score (nSPS) is 15.9. The first-order valence-corrected chi connectivity index (χ1v) is 5.51. The lowest BCUT2D eigenvalue weighted by Gasteiger charge is -2.21. The summed E-state index contributed by atoms with van der Waals surface area (Å²) in [6.45, 7) is 3.50. The van der Waals surface area contributed by atoms with Crippen LogP contribution in [0.15, 0.2) is 12.1 Å². The van der Waals surface area contributed by atoms with Gasteiger partial charge in [0.2, 0.25) is 0 Å². The molecule has 1 aromatic carbocycles. The van der Waals surface area contributed by atoms with E-state index in [9.17, 15) is 4.39 Å². The molecule has 2 N–H and O–H groups in total. The lowest BCUT2D eigenvalue weighted by Crippen LogP contribution is -2.17. The van der Waals surface area contributed by atoms with E-state index in [4.69, 9.17) is 15.2 Å². The predicted octanol–water partition coefficient (Wildman–Crippen LogP) is 2.05. The average molecular weight is 225 g/mol. The van der Waals surface area contributed by atoms with Crippen LogP contribution in [0, 0.1) is 5.82 Å². The lowest BCUT2D eigenvalue weighted by atomic mass is 9.97. The number of nitrogens with two attached hydrogens (primary N) is 1. The van der Waals surface area contributed by atoms with Gasteiger partial charge >= 0.3 is 0 Å². The maximum atomic E-state index is 13.7. The van der Waals surface area contributed by atoms with Crippen LogP contribution < -0.4 is 15.2 Å². The molecular weight excluding hydrogens is 209 g/mol. The molecule has 3 nitrogen and oxygen atoms in total. The Morgan fingerprint density at radius 2 is 2.12 bits per heavy atom. The fraction of sp³-hybridized carbons (Fsp3) is 0.500. The summed E-state index contributed by atoms with van der Waals surface area (Å²) in [4.78, 5) is 0. The molecule has 0 fully saturated rings. The molecule has 1 aliphatic rings. The third-order valence-electron chi connectivity index (χ3n) is 2.79. The Balaban J connectivity index is 2.31. The van der Waals surface area contributed by atoms with Crippen molar-refractivity contribution >= 4 is 0 Å². The van der Waals surface area contributed by atoms with Crippen LogP contribution >= 0.6 is 0 Å². The zero-order chi connectivity index (χ0) is 11.5. The molecule has 0 aliphatic carbocycles. The van der Waals surface area contributed by atoms with Crippen molar-refractivity contribution in [3.63, 3.8) is 0 Å². The monoisotopic (exact) mass is 225 g/mol. The van der Waals surface area contributed by atoms with Crippen LogP contribution in [-0.2, 0) is 0 Å². The van der Waals surface area contributed by atoms with Gasteiger partial charge in [0.25, 0.3) is 0 Å². The maximum Gasteiger partial charge on any atom is 0.197 e. The zero-order valence-corrected chi connectivity index (χ0v) is 9.33. The average Bonchev–Trinajstić information content (AvgIpc) is 2.29.